The zero-order valence-electron chi connectivity index (χ0n) is 9.93. The van der Waals surface area contributed by atoms with Crippen LogP contribution in [-0.4, -0.2) is 0 Å². The van der Waals surface area contributed by atoms with E-state index in [0.29, 0.717) is 0 Å². The Labute approximate surface area is 102 Å². The van der Waals surface area contributed by atoms with Gasteiger partial charge in [-0.1, -0.05) is 36.4 Å². The van der Waals surface area contributed by atoms with E-state index < -0.39 is 0 Å². The van der Waals surface area contributed by atoms with Gasteiger partial charge in [-0.25, -0.2) is 0 Å². The quantitative estimate of drug-likeness (QED) is 0.704. The molecule has 0 fully saturated rings. The second kappa shape index (κ2) is 4.10. The van der Waals surface area contributed by atoms with Crippen molar-refractivity contribution in [2.75, 3.05) is 4.90 Å². The summed E-state index contributed by atoms with van der Waals surface area (Å²) < 4.78 is 0. The Kier molecular flexibility index (Phi) is 2.45. The first kappa shape index (κ1) is 10.2. The molecular formula is C16H15N. The highest BCUT2D eigenvalue weighted by atomic mass is 15.1. The highest BCUT2D eigenvalue weighted by Crippen LogP contribution is 2.25. The summed E-state index contributed by atoms with van der Waals surface area (Å²) in [6, 6.07) is 17.2. The Balaban J connectivity index is 1.95. The van der Waals surface area contributed by atoms with E-state index in [4.69, 9.17) is 0 Å². The molecule has 0 N–H and O–H groups in total. The van der Waals surface area contributed by atoms with E-state index in [1.54, 1.807) is 0 Å². The van der Waals surface area contributed by atoms with Crippen LogP contribution in [0.15, 0.2) is 54.7 Å². The Morgan fingerprint density at radius 1 is 1.00 bits per heavy atom. The molecule has 1 aliphatic heterocycles. The second-order valence-corrected chi connectivity index (χ2v) is 4.48. The lowest BCUT2D eigenvalue weighted by Gasteiger charge is -2.25. The Bertz CT molecular complexity index is 569. The first-order chi connectivity index (χ1) is 8.33. The van der Waals surface area contributed by atoms with Crippen LogP contribution in [0.5, 0.6) is 0 Å². The van der Waals surface area contributed by atoms with Crippen LogP contribution >= 0.6 is 0 Å². The zero-order chi connectivity index (χ0) is 11.7. The van der Waals surface area contributed by atoms with E-state index >= 15 is 0 Å². The van der Waals surface area contributed by atoms with Crippen LogP contribution in [0.1, 0.15) is 16.7 Å². The summed E-state index contributed by atoms with van der Waals surface area (Å²) in [5.41, 5.74) is 5.28. The fraction of sp³-hybridized carbons (Fsp3) is 0.125. The molecule has 0 saturated heterocycles. The summed E-state index contributed by atoms with van der Waals surface area (Å²) in [6.45, 7) is 3.08. The summed E-state index contributed by atoms with van der Waals surface area (Å²) in [5, 5.41) is 0. The third-order valence-corrected chi connectivity index (χ3v) is 3.16. The van der Waals surface area contributed by atoms with Crippen molar-refractivity contribution in [3.8, 4) is 0 Å². The van der Waals surface area contributed by atoms with E-state index in [-0.39, 0.29) is 0 Å². The van der Waals surface area contributed by atoms with Crippen molar-refractivity contribution in [2.24, 2.45) is 0 Å². The number of rotatable bonds is 1. The molecule has 1 heteroatoms. The van der Waals surface area contributed by atoms with Gasteiger partial charge in [-0.15, -0.1) is 0 Å². The molecule has 0 amide bonds. The highest BCUT2D eigenvalue weighted by Gasteiger charge is 2.10. The smallest absolute Gasteiger partial charge is 0.0481 e. The fourth-order valence-electron chi connectivity index (χ4n) is 2.23. The van der Waals surface area contributed by atoms with E-state index in [1.165, 1.54) is 22.4 Å². The van der Waals surface area contributed by atoms with Gasteiger partial charge in [-0.05, 0) is 41.8 Å². The highest BCUT2D eigenvalue weighted by molar-refractivity contribution is 5.64. The molecule has 2 aromatic carbocycles. The molecule has 0 aliphatic carbocycles. The van der Waals surface area contributed by atoms with Crippen molar-refractivity contribution in [3.05, 3.63) is 71.4 Å². The molecule has 0 aromatic heterocycles. The largest absolute Gasteiger partial charge is 0.344 e. The predicted octanol–water partition coefficient (Wildman–Crippen LogP) is 3.99. The third kappa shape index (κ3) is 1.96. The van der Waals surface area contributed by atoms with Gasteiger partial charge in [-0.3, -0.25) is 0 Å². The van der Waals surface area contributed by atoms with E-state index in [0.717, 1.165) is 6.54 Å². The Morgan fingerprint density at radius 3 is 2.76 bits per heavy atom. The number of benzene rings is 2. The molecule has 1 nitrogen and oxygen atoms in total. The van der Waals surface area contributed by atoms with Crippen LogP contribution in [0.4, 0.5) is 5.69 Å². The molecule has 84 valence electrons. The Morgan fingerprint density at radius 2 is 1.88 bits per heavy atom. The van der Waals surface area contributed by atoms with Crippen molar-refractivity contribution in [1.82, 2.24) is 0 Å². The summed E-state index contributed by atoms with van der Waals surface area (Å²) in [5.74, 6) is 0. The maximum Gasteiger partial charge on any atom is 0.0481 e. The average molecular weight is 221 g/mol. The molecule has 17 heavy (non-hydrogen) atoms. The number of aryl methyl sites for hydroxylation is 1. The van der Waals surface area contributed by atoms with E-state index in [2.05, 4.69) is 72.6 Å². The molecule has 0 spiro atoms. The summed E-state index contributed by atoms with van der Waals surface area (Å²) >= 11 is 0. The van der Waals surface area contributed by atoms with Gasteiger partial charge in [-0.2, -0.15) is 0 Å². The predicted molar refractivity (Wildman–Crippen MR) is 72.8 cm³/mol. The Hall–Kier alpha value is -2.02. The maximum absolute atomic E-state index is 2.29. The van der Waals surface area contributed by atoms with E-state index in [9.17, 15) is 0 Å². The minimum absolute atomic E-state index is 0.954. The van der Waals surface area contributed by atoms with Crippen LogP contribution in [0, 0.1) is 6.92 Å². The average Bonchev–Trinajstić information content (AvgIpc) is 2.38. The van der Waals surface area contributed by atoms with Crippen molar-refractivity contribution in [1.29, 1.82) is 0 Å². The third-order valence-electron chi connectivity index (χ3n) is 3.16. The molecule has 0 radical (unpaired) electrons. The standard InChI is InChI=1S/C16H15N/c1-13-5-4-8-16(11-13)17-10-9-14-6-2-3-7-15(14)12-17/h2-11H,12H2,1H3. The molecule has 2 aromatic rings. The fourth-order valence-corrected chi connectivity index (χ4v) is 2.23. The molecule has 0 saturated carbocycles. The number of fused-ring (bicyclic) bond motifs is 1. The van der Waals surface area contributed by atoms with Gasteiger partial charge in [0.05, 0.1) is 0 Å². The van der Waals surface area contributed by atoms with Crippen molar-refractivity contribution in [2.45, 2.75) is 13.5 Å². The van der Waals surface area contributed by atoms with Gasteiger partial charge in [0, 0.05) is 18.4 Å². The van der Waals surface area contributed by atoms with Gasteiger partial charge in [0.1, 0.15) is 0 Å². The number of hydrogen-bond acceptors (Lipinski definition) is 1. The number of nitrogens with zero attached hydrogens (tertiary/aromatic N) is 1. The van der Waals surface area contributed by atoms with Crippen LogP contribution in [0.2, 0.25) is 0 Å². The van der Waals surface area contributed by atoms with Gasteiger partial charge < -0.3 is 4.90 Å². The maximum atomic E-state index is 2.29. The monoisotopic (exact) mass is 221 g/mol. The summed E-state index contributed by atoms with van der Waals surface area (Å²) in [4.78, 5) is 2.29. The lowest BCUT2D eigenvalue weighted by molar-refractivity contribution is 0.953. The summed E-state index contributed by atoms with van der Waals surface area (Å²) in [6.07, 6.45) is 4.35. The molecule has 0 atom stereocenters. The molecule has 3 rings (SSSR count). The van der Waals surface area contributed by atoms with Crippen molar-refractivity contribution >= 4 is 11.8 Å². The molecule has 0 bridgehead atoms. The van der Waals surface area contributed by atoms with Crippen LogP contribution in [-0.2, 0) is 6.54 Å². The number of hydrogen-bond donors (Lipinski definition) is 0. The molecule has 0 unspecified atom stereocenters. The normalized spacial score (nSPS) is 13.6. The molecule has 1 aliphatic rings. The van der Waals surface area contributed by atoms with Crippen molar-refractivity contribution in [3.63, 3.8) is 0 Å². The van der Waals surface area contributed by atoms with Gasteiger partial charge in [0.15, 0.2) is 0 Å². The van der Waals surface area contributed by atoms with Gasteiger partial charge in [0.2, 0.25) is 0 Å². The lowest BCUT2D eigenvalue weighted by atomic mass is 10.0. The van der Waals surface area contributed by atoms with Gasteiger partial charge >= 0.3 is 0 Å². The lowest BCUT2D eigenvalue weighted by Crippen LogP contribution is -2.18. The molecule has 1 heterocycles. The van der Waals surface area contributed by atoms with Crippen LogP contribution < -0.4 is 4.90 Å². The molecular weight excluding hydrogens is 206 g/mol. The van der Waals surface area contributed by atoms with Crippen LogP contribution in [0.25, 0.3) is 6.08 Å². The SMILES string of the molecule is Cc1cccc(N2C=Cc3ccccc3C2)c1. The topological polar surface area (TPSA) is 3.24 Å². The van der Waals surface area contributed by atoms with Gasteiger partial charge in [0.25, 0.3) is 0 Å². The second-order valence-electron chi connectivity index (χ2n) is 4.48. The number of anilines is 1. The minimum Gasteiger partial charge on any atom is -0.344 e. The van der Waals surface area contributed by atoms with Crippen LogP contribution in [0.3, 0.4) is 0 Å². The van der Waals surface area contributed by atoms with Crippen molar-refractivity contribution < 1.29 is 0 Å². The zero-order valence-corrected chi connectivity index (χ0v) is 9.93. The first-order valence-corrected chi connectivity index (χ1v) is 5.92. The summed E-state index contributed by atoms with van der Waals surface area (Å²) in [7, 11) is 0. The van der Waals surface area contributed by atoms with E-state index in [1.807, 2.05) is 0 Å². The first-order valence-electron chi connectivity index (χ1n) is 5.92. The minimum atomic E-state index is 0.954.